The molecule has 1 heterocycles. The smallest absolute Gasteiger partial charge is 0.244 e. The Balaban J connectivity index is 1.62. The van der Waals surface area contributed by atoms with Crippen molar-refractivity contribution in [1.29, 1.82) is 0 Å². The van der Waals surface area contributed by atoms with Crippen LogP contribution in [0.1, 0.15) is 5.82 Å². The molecule has 1 atom stereocenters. The van der Waals surface area contributed by atoms with E-state index in [0.717, 1.165) is 21.6 Å². The molecule has 4 rings (SSSR count). The molecule has 0 bridgehead atoms. The minimum absolute atomic E-state index is 0.108. The molecular formula is C22H19N3O2S. The molecule has 0 fully saturated rings. The Morgan fingerprint density at radius 2 is 1.54 bits per heavy atom. The zero-order chi connectivity index (χ0) is 19.3. The monoisotopic (exact) mass is 389 g/mol. The van der Waals surface area contributed by atoms with Gasteiger partial charge in [0.1, 0.15) is 12.4 Å². The van der Waals surface area contributed by atoms with Crippen LogP contribution in [0.15, 0.2) is 89.8 Å². The SMILES string of the molecule is O=C(Cn1c(C[S@@](=O)c2ccccc2)nc2ccccc21)Nc1ccccc1. The number of aromatic nitrogens is 2. The number of carbonyl (C=O) groups excluding carboxylic acids is 1. The summed E-state index contributed by atoms with van der Waals surface area (Å²) in [7, 11) is -1.24. The van der Waals surface area contributed by atoms with E-state index in [2.05, 4.69) is 10.3 Å². The van der Waals surface area contributed by atoms with Gasteiger partial charge in [0.15, 0.2) is 0 Å². The first-order chi connectivity index (χ1) is 13.7. The average molecular weight is 389 g/mol. The molecule has 1 aromatic heterocycles. The highest BCUT2D eigenvalue weighted by atomic mass is 32.2. The molecule has 3 aromatic carbocycles. The third-order valence-electron chi connectivity index (χ3n) is 4.36. The van der Waals surface area contributed by atoms with E-state index in [1.165, 1.54) is 0 Å². The summed E-state index contributed by atoms with van der Waals surface area (Å²) in [6.45, 7) is 0.108. The predicted molar refractivity (Wildman–Crippen MR) is 111 cm³/mol. The maximum Gasteiger partial charge on any atom is 0.244 e. The van der Waals surface area contributed by atoms with E-state index in [9.17, 15) is 9.00 Å². The Morgan fingerprint density at radius 3 is 2.29 bits per heavy atom. The summed E-state index contributed by atoms with van der Waals surface area (Å²) >= 11 is 0. The third kappa shape index (κ3) is 4.02. The summed E-state index contributed by atoms with van der Waals surface area (Å²) in [6.07, 6.45) is 0. The number of imidazole rings is 1. The van der Waals surface area contributed by atoms with Gasteiger partial charge in [-0.25, -0.2) is 4.98 Å². The summed E-state index contributed by atoms with van der Waals surface area (Å²) in [5.41, 5.74) is 2.38. The van der Waals surface area contributed by atoms with Crippen LogP contribution in [0, 0.1) is 0 Å². The van der Waals surface area contributed by atoms with Crippen LogP contribution in [-0.2, 0) is 27.9 Å². The number of para-hydroxylation sites is 3. The molecule has 0 saturated heterocycles. The fourth-order valence-corrected chi connectivity index (χ4v) is 4.13. The Morgan fingerprint density at radius 1 is 0.893 bits per heavy atom. The predicted octanol–water partition coefficient (Wildman–Crippen LogP) is 3.98. The van der Waals surface area contributed by atoms with E-state index in [0.29, 0.717) is 5.82 Å². The molecule has 6 heteroatoms. The van der Waals surface area contributed by atoms with Crippen molar-refractivity contribution in [3.05, 3.63) is 90.8 Å². The second-order valence-corrected chi connectivity index (χ2v) is 7.77. The Bertz CT molecular complexity index is 1120. The number of benzene rings is 3. The molecule has 0 aliphatic heterocycles. The number of nitrogens with one attached hydrogen (secondary N) is 1. The second-order valence-electron chi connectivity index (χ2n) is 6.32. The third-order valence-corrected chi connectivity index (χ3v) is 5.68. The zero-order valence-electron chi connectivity index (χ0n) is 15.1. The van der Waals surface area contributed by atoms with Crippen molar-refractivity contribution in [3.63, 3.8) is 0 Å². The van der Waals surface area contributed by atoms with Gasteiger partial charge in [-0.2, -0.15) is 0 Å². The van der Waals surface area contributed by atoms with Crippen LogP contribution in [0.3, 0.4) is 0 Å². The van der Waals surface area contributed by atoms with Gasteiger partial charge in [0.2, 0.25) is 5.91 Å². The van der Waals surface area contributed by atoms with Crippen molar-refractivity contribution in [1.82, 2.24) is 9.55 Å². The molecule has 0 radical (unpaired) electrons. The lowest BCUT2D eigenvalue weighted by atomic mass is 10.3. The number of amides is 1. The van der Waals surface area contributed by atoms with Crippen molar-refractivity contribution in [3.8, 4) is 0 Å². The number of fused-ring (bicyclic) bond motifs is 1. The Hall–Kier alpha value is -3.25. The summed E-state index contributed by atoms with van der Waals surface area (Å²) in [4.78, 5) is 18.0. The van der Waals surface area contributed by atoms with Crippen LogP contribution in [0.25, 0.3) is 11.0 Å². The maximum absolute atomic E-state index is 12.8. The van der Waals surface area contributed by atoms with Gasteiger partial charge in [-0.15, -0.1) is 0 Å². The van der Waals surface area contributed by atoms with E-state index >= 15 is 0 Å². The molecule has 4 aromatic rings. The highest BCUT2D eigenvalue weighted by Gasteiger charge is 2.16. The number of rotatable bonds is 6. The first kappa shape index (κ1) is 18.1. The summed E-state index contributed by atoms with van der Waals surface area (Å²) in [5, 5.41) is 2.89. The van der Waals surface area contributed by atoms with Gasteiger partial charge >= 0.3 is 0 Å². The van der Waals surface area contributed by atoms with Gasteiger partial charge in [0, 0.05) is 10.6 Å². The number of nitrogens with zero attached hydrogens (tertiary/aromatic N) is 2. The maximum atomic E-state index is 12.8. The first-order valence-corrected chi connectivity index (χ1v) is 10.2. The highest BCUT2D eigenvalue weighted by Crippen LogP contribution is 2.19. The number of carbonyl (C=O) groups is 1. The van der Waals surface area contributed by atoms with Crippen molar-refractivity contribution >= 4 is 33.4 Å². The quantitative estimate of drug-likeness (QED) is 0.542. The average Bonchev–Trinajstić information content (AvgIpc) is 3.06. The largest absolute Gasteiger partial charge is 0.325 e. The molecule has 0 spiro atoms. The van der Waals surface area contributed by atoms with E-state index in [1.807, 2.05) is 89.5 Å². The summed E-state index contributed by atoms with van der Waals surface area (Å²) < 4.78 is 14.6. The second kappa shape index (κ2) is 8.19. The molecule has 0 unspecified atom stereocenters. The van der Waals surface area contributed by atoms with Crippen LogP contribution in [-0.4, -0.2) is 19.7 Å². The van der Waals surface area contributed by atoms with E-state index in [1.54, 1.807) is 0 Å². The molecule has 1 amide bonds. The molecular weight excluding hydrogens is 370 g/mol. The van der Waals surface area contributed by atoms with Gasteiger partial charge < -0.3 is 9.88 Å². The fraction of sp³-hybridized carbons (Fsp3) is 0.0909. The van der Waals surface area contributed by atoms with E-state index in [-0.39, 0.29) is 18.2 Å². The normalized spacial score (nSPS) is 12.0. The molecule has 0 aliphatic carbocycles. The van der Waals surface area contributed by atoms with E-state index < -0.39 is 10.8 Å². The lowest BCUT2D eigenvalue weighted by Gasteiger charge is -2.10. The zero-order valence-corrected chi connectivity index (χ0v) is 15.9. The standard InChI is InChI=1S/C22H19N3O2S/c26-22(23-17-9-3-1-4-10-17)15-25-20-14-8-7-13-19(20)24-21(25)16-28(27)18-11-5-2-6-12-18/h1-14H,15-16H2,(H,23,26)/t28-/m1/s1. The number of hydrogen-bond acceptors (Lipinski definition) is 3. The van der Waals surface area contributed by atoms with Gasteiger partial charge in [0.05, 0.1) is 27.6 Å². The van der Waals surface area contributed by atoms with Crippen molar-refractivity contribution in [2.75, 3.05) is 5.32 Å². The Kier molecular flexibility index (Phi) is 5.30. The van der Waals surface area contributed by atoms with Crippen LogP contribution >= 0.6 is 0 Å². The van der Waals surface area contributed by atoms with Crippen molar-refractivity contribution in [2.45, 2.75) is 17.2 Å². The number of anilines is 1. The van der Waals surface area contributed by atoms with Crippen LogP contribution in [0.4, 0.5) is 5.69 Å². The number of hydrogen-bond donors (Lipinski definition) is 1. The molecule has 28 heavy (non-hydrogen) atoms. The van der Waals surface area contributed by atoms with Crippen molar-refractivity contribution in [2.24, 2.45) is 0 Å². The molecule has 140 valence electrons. The summed E-state index contributed by atoms with van der Waals surface area (Å²) in [5.74, 6) is 0.727. The summed E-state index contributed by atoms with van der Waals surface area (Å²) in [6, 6.07) is 26.3. The minimum Gasteiger partial charge on any atom is -0.325 e. The van der Waals surface area contributed by atoms with Gasteiger partial charge in [-0.05, 0) is 36.4 Å². The lowest BCUT2D eigenvalue weighted by Crippen LogP contribution is -2.20. The molecule has 0 aliphatic rings. The molecule has 5 nitrogen and oxygen atoms in total. The Labute approximate surface area is 165 Å². The fourth-order valence-electron chi connectivity index (χ4n) is 3.05. The molecule has 1 N–H and O–H groups in total. The minimum atomic E-state index is -1.24. The van der Waals surface area contributed by atoms with Gasteiger partial charge in [0.25, 0.3) is 0 Å². The van der Waals surface area contributed by atoms with Crippen molar-refractivity contribution < 1.29 is 9.00 Å². The van der Waals surface area contributed by atoms with Crippen LogP contribution < -0.4 is 5.32 Å². The topological polar surface area (TPSA) is 64.0 Å². The van der Waals surface area contributed by atoms with Crippen LogP contribution in [0.5, 0.6) is 0 Å². The first-order valence-electron chi connectivity index (χ1n) is 8.93. The molecule has 0 saturated carbocycles. The lowest BCUT2D eigenvalue weighted by molar-refractivity contribution is -0.116. The van der Waals surface area contributed by atoms with E-state index in [4.69, 9.17) is 0 Å². The van der Waals surface area contributed by atoms with Crippen LogP contribution in [0.2, 0.25) is 0 Å². The van der Waals surface area contributed by atoms with Gasteiger partial charge in [-0.3, -0.25) is 9.00 Å². The van der Waals surface area contributed by atoms with Gasteiger partial charge in [-0.1, -0.05) is 48.5 Å². The highest BCUT2D eigenvalue weighted by molar-refractivity contribution is 7.84.